The lowest BCUT2D eigenvalue weighted by atomic mass is 9.46. The maximum absolute atomic E-state index is 12.1. The lowest BCUT2D eigenvalue weighted by Gasteiger charge is -2.60. The second-order valence-corrected chi connectivity index (χ2v) is 20.7. The highest BCUT2D eigenvalue weighted by Gasteiger charge is 2.69. The standard InChI is InChI=1S/C44H72O18/c1-18(16-56-39-36(53)35(52)33(50)28(15-45)59-39)8-11-44(55)19(2)30-27(62-44)14-25-23-7-6-21-12-22(46)13-29(43(21,5)24(23)9-10-42(25,30)4)60-41-38(32(49)26(47)17-57-41)61-40-37(54)34(51)31(48)20(3)58-40/h6,18-20,22-41,45-55H,7-17H2,1-5H3/t18-,19-,20?,22+,23?,24?,25?,26+,27?,28?,29+,30?,31-,32?,33-,34?,35?,36?,37?,38?,39-,40-,41+,42-,43-,44+/m0/s1. The number of fused-ring (bicyclic) bond motifs is 7. The average molecular weight is 889 g/mol. The molecule has 26 atom stereocenters. The third-order valence-corrected chi connectivity index (χ3v) is 17.1. The van der Waals surface area contributed by atoms with Gasteiger partial charge in [0.2, 0.25) is 0 Å². The molecule has 8 aliphatic rings. The molecule has 4 aliphatic heterocycles. The average Bonchev–Trinajstić information content (AvgIpc) is 3.67. The molecule has 4 saturated heterocycles. The van der Waals surface area contributed by atoms with E-state index in [1.165, 1.54) is 6.92 Å². The minimum Gasteiger partial charge on any atom is -0.394 e. The molecule has 0 bridgehead atoms. The summed E-state index contributed by atoms with van der Waals surface area (Å²) in [4.78, 5) is 0. The van der Waals surface area contributed by atoms with Gasteiger partial charge >= 0.3 is 0 Å². The first-order valence-electron chi connectivity index (χ1n) is 22.9. The van der Waals surface area contributed by atoms with Crippen LogP contribution in [0, 0.1) is 46.3 Å². The number of hydrogen-bond donors (Lipinski definition) is 11. The van der Waals surface area contributed by atoms with Crippen LogP contribution in [0.2, 0.25) is 0 Å². The van der Waals surface area contributed by atoms with Crippen molar-refractivity contribution in [2.75, 3.05) is 19.8 Å². The van der Waals surface area contributed by atoms with E-state index in [1.54, 1.807) is 0 Å². The first kappa shape index (κ1) is 47.5. The molecule has 18 nitrogen and oxygen atoms in total. The van der Waals surface area contributed by atoms with Gasteiger partial charge in [-0.15, -0.1) is 0 Å². The molecule has 4 heterocycles. The molecule has 62 heavy (non-hydrogen) atoms. The van der Waals surface area contributed by atoms with Crippen molar-refractivity contribution in [2.24, 2.45) is 46.3 Å². The Balaban J connectivity index is 0.935. The van der Waals surface area contributed by atoms with E-state index < -0.39 is 116 Å². The summed E-state index contributed by atoms with van der Waals surface area (Å²) in [6.45, 7) is 9.45. The van der Waals surface area contributed by atoms with E-state index in [1.807, 2.05) is 6.92 Å². The summed E-state index contributed by atoms with van der Waals surface area (Å²) in [5.41, 5.74) is 0.452. The van der Waals surface area contributed by atoms with Crippen molar-refractivity contribution >= 4 is 0 Å². The van der Waals surface area contributed by atoms with Crippen molar-refractivity contribution < 1.29 is 89.3 Å². The smallest absolute Gasteiger partial charge is 0.187 e. The Labute approximate surface area is 362 Å². The Bertz CT molecular complexity index is 1590. The van der Waals surface area contributed by atoms with Crippen LogP contribution in [0.3, 0.4) is 0 Å². The first-order chi connectivity index (χ1) is 29.2. The zero-order valence-corrected chi connectivity index (χ0v) is 36.4. The van der Waals surface area contributed by atoms with Crippen LogP contribution < -0.4 is 0 Å². The third kappa shape index (κ3) is 8.06. The third-order valence-electron chi connectivity index (χ3n) is 17.1. The van der Waals surface area contributed by atoms with Gasteiger partial charge in [-0.1, -0.05) is 39.3 Å². The highest BCUT2D eigenvalue weighted by Crippen LogP contribution is 2.70. The van der Waals surface area contributed by atoms with Crippen LogP contribution in [-0.2, 0) is 33.2 Å². The minimum atomic E-state index is -1.66. The molecule has 356 valence electrons. The Morgan fingerprint density at radius 1 is 0.823 bits per heavy atom. The van der Waals surface area contributed by atoms with Crippen molar-refractivity contribution in [3.63, 3.8) is 0 Å². The molecule has 0 amide bonds. The van der Waals surface area contributed by atoms with Gasteiger partial charge in [0.15, 0.2) is 24.7 Å². The molecular formula is C44H72O18. The van der Waals surface area contributed by atoms with E-state index >= 15 is 0 Å². The van der Waals surface area contributed by atoms with Gasteiger partial charge in [0, 0.05) is 24.2 Å². The fraction of sp³-hybridized carbons (Fsp3) is 0.955. The number of aliphatic hydroxyl groups excluding tert-OH is 10. The molecule has 0 aromatic rings. The molecule has 3 saturated carbocycles. The van der Waals surface area contributed by atoms with Crippen LogP contribution in [0.15, 0.2) is 11.6 Å². The summed E-state index contributed by atoms with van der Waals surface area (Å²) in [6, 6.07) is 0. The van der Waals surface area contributed by atoms with Crippen LogP contribution in [0.1, 0.15) is 86.0 Å². The van der Waals surface area contributed by atoms with Gasteiger partial charge in [0.1, 0.15) is 61.0 Å². The molecule has 4 aliphatic carbocycles. The van der Waals surface area contributed by atoms with Crippen LogP contribution >= 0.6 is 0 Å². The van der Waals surface area contributed by atoms with E-state index in [0.717, 1.165) is 31.3 Å². The Kier molecular flexibility index (Phi) is 13.7. The van der Waals surface area contributed by atoms with Crippen LogP contribution in [0.25, 0.3) is 0 Å². The van der Waals surface area contributed by atoms with Crippen molar-refractivity contribution in [1.29, 1.82) is 0 Å². The SMILES string of the molecule is CC1O[C@@H](OC2C(O)[C@H](O)CO[C@@H]2O[C@@H]2C[C@H](O)CC3=CCC4C5CC6O[C@](O)(CC[C@H](C)CO[C@H]7OC(CO)[C@H](O)C(O)C7O)[C@@H](C)C6[C@@]5(C)CCC4[C@]32C)C(O)C(O)[C@H]1O. The molecule has 0 aromatic heterocycles. The molecule has 0 spiro atoms. The summed E-state index contributed by atoms with van der Waals surface area (Å²) in [7, 11) is 0. The maximum Gasteiger partial charge on any atom is 0.187 e. The van der Waals surface area contributed by atoms with Crippen molar-refractivity contribution in [1.82, 2.24) is 0 Å². The number of allylic oxidation sites excluding steroid dienone is 1. The van der Waals surface area contributed by atoms with Gasteiger partial charge in [-0.25, -0.2) is 0 Å². The Morgan fingerprint density at radius 3 is 2.26 bits per heavy atom. The summed E-state index contributed by atoms with van der Waals surface area (Å²) in [5.74, 6) is -0.790. The maximum atomic E-state index is 12.1. The summed E-state index contributed by atoms with van der Waals surface area (Å²) in [6.07, 6.45) is -13.2. The monoisotopic (exact) mass is 888 g/mol. The molecule has 13 unspecified atom stereocenters. The zero-order chi connectivity index (χ0) is 44.8. The topological polar surface area (TPSA) is 287 Å². The van der Waals surface area contributed by atoms with Crippen LogP contribution in [0.4, 0.5) is 0 Å². The van der Waals surface area contributed by atoms with Gasteiger partial charge in [0.05, 0.1) is 44.2 Å². The molecule has 8 rings (SSSR count). The van der Waals surface area contributed by atoms with Gasteiger partial charge in [-0.3, -0.25) is 0 Å². The van der Waals surface area contributed by atoms with Gasteiger partial charge in [0.25, 0.3) is 0 Å². The molecular weight excluding hydrogens is 816 g/mol. The number of aliphatic hydroxyl groups is 11. The van der Waals surface area contributed by atoms with E-state index in [2.05, 4.69) is 26.8 Å². The molecule has 11 N–H and O–H groups in total. The zero-order valence-electron chi connectivity index (χ0n) is 36.4. The highest BCUT2D eigenvalue weighted by molar-refractivity contribution is 5.28. The van der Waals surface area contributed by atoms with E-state index in [-0.39, 0.29) is 60.2 Å². The predicted molar refractivity (Wildman–Crippen MR) is 213 cm³/mol. The largest absolute Gasteiger partial charge is 0.394 e. The Hall–Kier alpha value is -0.980. The molecule has 18 heteroatoms. The predicted octanol–water partition coefficient (Wildman–Crippen LogP) is -1.22. The van der Waals surface area contributed by atoms with Gasteiger partial charge in [-0.05, 0) is 80.5 Å². The lowest BCUT2D eigenvalue weighted by molar-refractivity contribution is -0.362. The number of hydrogen-bond acceptors (Lipinski definition) is 18. The van der Waals surface area contributed by atoms with Crippen molar-refractivity contribution in [3.05, 3.63) is 11.6 Å². The second kappa shape index (κ2) is 17.9. The lowest BCUT2D eigenvalue weighted by Crippen LogP contribution is -2.63. The quantitative estimate of drug-likeness (QED) is 0.108. The van der Waals surface area contributed by atoms with Crippen LogP contribution in [0.5, 0.6) is 0 Å². The summed E-state index contributed by atoms with van der Waals surface area (Å²) in [5, 5.41) is 117. The summed E-state index contributed by atoms with van der Waals surface area (Å²) < 4.78 is 42.5. The molecule has 7 fully saturated rings. The van der Waals surface area contributed by atoms with Gasteiger partial charge < -0.3 is 89.3 Å². The number of rotatable bonds is 11. The normalized spacial score (nSPS) is 55.7. The Morgan fingerprint density at radius 2 is 1.53 bits per heavy atom. The van der Waals surface area contributed by atoms with E-state index in [0.29, 0.717) is 25.7 Å². The van der Waals surface area contributed by atoms with Crippen molar-refractivity contribution in [3.8, 4) is 0 Å². The van der Waals surface area contributed by atoms with Crippen LogP contribution in [-0.4, -0.2) is 186 Å². The fourth-order valence-corrected chi connectivity index (χ4v) is 13.3. The fourth-order valence-electron chi connectivity index (χ4n) is 13.3. The molecule has 0 radical (unpaired) electrons. The highest BCUT2D eigenvalue weighted by atomic mass is 16.8. The van der Waals surface area contributed by atoms with Crippen molar-refractivity contribution in [2.45, 2.75) is 196 Å². The molecule has 0 aromatic carbocycles. The van der Waals surface area contributed by atoms with Gasteiger partial charge in [-0.2, -0.15) is 0 Å². The first-order valence-corrected chi connectivity index (χ1v) is 22.9. The minimum absolute atomic E-state index is 0.0819. The van der Waals surface area contributed by atoms with E-state index in [4.69, 9.17) is 33.2 Å². The van der Waals surface area contributed by atoms with E-state index in [9.17, 15) is 56.2 Å². The second-order valence-electron chi connectivity index (χ2n) is 20.7. The summed E-state index contributed by atoms with van der Waals surface area (Å²) >= 11 is 0. The number of ether oxygens (including phenoxy) is 7.